The van der Waals surface area contributed by atoms with Gasteiger partial charge in [0.1, 0.15) is 13.1 Å². The van der Waals surface area contributed by atoms with Gasteiger partial charge in [0.05, 0.1) is 21.2 Å². The smallest absolute Gasteiger partial charge is 0.264 e. The van der Waals surface area contributed by atoms with Gasteiger partial charge in [-0.2, -0.15) is 0 Å². The molecule has 0 spiro atoms. The van der Waals surface area contributed by atoms with E-state index < -0.39 is 45.0 Å². The molecule has 0 aliphatic rings. The van der Waals surface area contributed by atoms with E-state index in [1.807, 2.05) is 0 Å². The van der Waals surface area contributed by atoms with Gasteiger partial charge in [0.15, 0.2) is 0 Å². The van der Waals surface area contributed by atoms with Crippen molar-refractivity contribution in [2.45, 2.75) is 35.5 Å². The zero-order chi connectivity index (χ0) is 34.6. The quantitative estimate of drug-likeness (QED) is 0.131. The molecule has 0 saturated heterocycles. The van der Waals surface area contributed by atoms with E-state index in [1.165, 1.54) is 36.4 Å². The van der Waals surface area contributed by atoms with Gasteiger partial charge in [-0.05, 0) is 73.5 Å². The van der Waals surface area contributed by atoms with Crippen molar-refractivity contribution in [3.63, 3.8) is 0 Å². The predicted octanol–water partition coefficient (Wildman–Crippen LogP) is 5.88. The molecule has 0 aliphatic carbocycles. The van der Waals surface area contributed by atoms with Crippen LogP contribution in [0.5, 0.6) is 0 Å². The second-order valence-corrected chi connectivity index (χ2v) is 15.3. The Labute approximate surface area is 291 Å². The Kier molecular flexibility index (Phi) is 13.3. The zero-order valence-corrected chi connectivity index (χ0v) is 29.1. The Morgan fingerprint density at radius 1 is 0.521 bits per heavy atom. The lowest BCUT2D eigenvalue weighted by Crippen LogP contribution is -2.41. The molecule has 10 nitrogen and oxygen atoms in total. The van der Waals surface area contributed by atoms with E-state index in [0.717, 1.165) is 21.5 Å². The number of carbonyl (C=O) groups excluding carboxylic acids is 2. The highest BCUT2D eigenvalue weighted by atomic mass is 35.5. The molecular weight excluding hydrogens is 695 g/mol. The molecule has 2 amide bonds. The van der Waals surface area contributed by atoms with E-state index in [2.05, 4.69) is 10.6 Å². The van der Waals surface area contributed by atoms with Crippen LogP contribution in [0.15, 0.2) is 119 Å². The molecule has 0 unspecified atom stereocenters. The molecule has 0 bridgehead atoms. The van der Waals surface area contributed by atoms with Gasteiger partial charge in [0.25, 0.3) is 20.0 Å². The maximum Gasteiger partial charge on any atom is 0.264 e. The van der Waals surface area contributed by atoms with Crippen molar-refractivity contribution in [1.82, 2.24) is 10.6 Å². The second kappa shape index (κ2) is 17.3. The maximum absolute atomic E-state index is 13.4. The van der Waals surface area contributed by atoms with Crippen LogP contribution in [0.2, 0.25) is 10.0 Å². The number of amides is 2. The fourth-order valence-corrected chi connectivity index (χ4v) is 8.00. The molecule has 48 heavy (non-hydrogen) atoms. The Balaban J connectivity index is 1.22. The molecule has 0 fully saturated rings. The normalized spacial score (nSPS) is 11.5. The molecule has 0 aliphatic heterocycles. The van der Waals surface area contributed by atoms with Crippen LogP contribution in [0.3, 0.4) is 0 Å². The molecule has 4 aromatic rings. The molecule has 4 rings (SSSR count). The lowest BCUT2D eigenvalue weighted by atomic mass is 10.2. The molecule has 0 atom stereocenters. The van der Waals surface area contributed by atoms with Crippen molar-refractivity contribution >= 4 is 66.4 Å². The number of nitrogens with one attached hydrogen (secondary N) is 2. The number of rotatable bonds is 17. The number of carbonyl (C=O) groups is 2. The van der Waals surface area contributed by atoms with Gasteiger partial charge in [-0.15, -0.1) is 0 Å². The number of sulfonamides is 2. The van der Waals surface area contributed by atoms with Crippen LogP contribution in [0.1, 0.15) is 25.7 Å². The summed E-state index contributed by atoms with van der Waals surface area (Å²) in [5.41, 5.74) is 0.550. The first-order valence-electron chi connectivity index (χ1n) is 15.2. The summed E-state index contributed by atoms with van der Waals surface area (Å²) in [6.07, 6.45) is 2.77. The number of anilines is 2. The summed E-state index contributed by atoms with van der Waals surface area (Å²) in [5, 5.41) is 6.24. The molecule has 0 saturated carbocycles. The van der Waals surface area contributed by atoms with E-state index in [0.29, 0.717) is 36.0 Å². The molecule has 0 heterocycles. The van der Waals surface area contributed by atoms with E-state index in [-0.39, 0.29) is 21.2 Å². The number of unbranched alkanes of at least 4 members (excludes halogenated alkanes) is 3. The third kappa shape index (κ3) is 10.2. The summed E-state index contributed by atoms with van der Waals surface area (Å²) >= 11 is 12.2. The summed E-state index contributed by atoms with van der Waals surface area (Å²) in [6, 6.07) is 28.4. The molecular formula is C34H36Cl2N4O6S2. The van der Waals surface area contributed by atoms with E-state index in [4.69, 9.17) is 23.2 Å². The topological polar surface area (TPSA) is 133 Å². The minimum atomic E-state index is -4.03. The number of halogens is 2. The average molecular weight is 732 g/mol. The van der Waals surface area contributed by atoms with Gasteiger partial charge in [-0.1, -0.05) is 84.6 Å². The van der Waals surface area contributed by atoms with E-state index in [1.54, 1.807) is 72.8 Å². The van der Waals surface area contributed by atoms with Crippen LogP contribution < -0.4 is 19.2 Å². The van der Waals surface area contributed by atoms with Gasteiger partial charge in [-0.3, -0.25) is 18.2 Å². The lowest BCUT2D eigenvalue weighted by molar-refractivity contribution is -0.120. The Morgan fingerprint density at radius 3 is 1.25 bits per heavy atom. The first-order valence-corrected chi connectivity index (χ1v) is 18.8. The third-order valence-corrected chi connectivity index (χ3v) is 11.2. The predicted molar refractivity (Wildman–Crippen MR) is 189 cm³/mol. The molecule has 254 valence electrons. The first kappa shape index (κ1) is 36.7. The highest BCUT2D eigenvalue weighted by molar-refractivity contribution is 7.93. The van der Waals surface area contributed by atoms with Gasteiger partial charge in [-0.25, -0.2) is 16.8 Å². The fraction of sp³-hybridized carbons (Fsp3) is 0.235. The molecule has 0 radical (unpaired) electrons. The van der Waals surface area contributed by atoms with Crippen molar-refractivity contribution in [1.29, 1.82) is 0 Å². The van der Waals surface area contributed by atoms with Crippen molar-refractivity contribution in [2.24, 2.45) is 0 Å². The largest absolute Gasteiger partial charge is 0.355 e. The first-order chi connectivity index (χ1) is 23.0. The summed E-state index contributed by atoms with van der Waals surface area (Å²) in [4.78, 5) is 25.7. The van der Waals surface area contributed by atoms with Crippen LogP contribution in [0.25, 0.3) is 0 Å². The zero-order valence-electron chi connectivity index (χ0n) is 26.0. The minimum Gasteiger partial charge on any atom is -0.355 e. The van der Waals surface area contributed by atoms with Crippen molar-refractivity contribution in [2.75, 3.05) is 34.8 Å². The summed E-state index contributed by atoms with van der Waals surface area (Å²) in [5.74, 6) is -0.923. The molecule has 2 N–H and O–H groups in total. The van der Waals surface area contributed by atoms with Crippen molar-refractivity contribution in [3.05, 3.63) is 119 Å². The lowest BCUT2D eigenvalue weighted by Gasteiger charge is -2.24. The van der Waals surface area contributed by atoms with Gasteiger partial charge in [0.2, 0.25) is 11.8 Å². The Bertz CT molecular complexity index is 1760. The molecule has 0 aromatic heterocycles. The van der Waals surface area contributed by atoms with E-state index in [9.17, 15) is 26.4 Å². The van der Waals surface area contributed by atoms with Crippen LogP contribution in [0.4, 0.5) is 11.4 Å². The maximum atomic E-state index is 13.4. The van der Waals surface area contributed by atoms with Crippen LogP contribution in [-0.4, -0.2) is 54.8 Å². The highest BCUT2D eigenvalue weighted by Gasteiger charge is 2.28. The summed E-state index contributed by atoms with van der Waals surface area (Å²) in [6.45, 7) is -0.163. The Morgan fingerprint density at radius 2 is 0.896 bits per heavy atom. The van der Waals surface area contributed by atoms with Crippen molar-refractivity contribution < 1.29 is 26.4 Å². The Hall–Kier alpha value is -4.10. The molecule has 14 heteroatoms. The van der Waals surface area contributed by atoms with Crippen LogP contribution in [0, 0.1) is 0 Å². The fourth-order valence-electron chi connectivity index (χ4n) is 4.76. The molecule has 4 aromatic carbocycles. The standard InChI is InChI=1S/C34H36Cl2N4O6S2/c35-27-13-11-15-29(23-27)39(47(43,44)31-17-5-3-6-18-31)25-33(41)37-21-9-1-2-10-22-38-34(42)26-40(30-16-12-14-28(36)24-30)48(45,46)32-19-7-4-8-20-32/h3-8,11-20,23-24H,1-2,9-10,21-22,25-26H2,(H,37,41)(H,38,42). The van der Waals surface area contributed by atoms with Crippen LogP contribution >= 0.6 is 23.2 Å². The second-order valence-electron chi connectivity index (χ2n) is 10.7. The van der Waals surface area contributed by atoms with Gasteiger partial charge in [0, 0.05) is 23.1 Å². The number of nitrogens with zero attached hydrogens (tertiary/aromatic N) is 2. The van der Waals surface area contributed by atoms with Gasteiger partial charge >= 0.3 is 0 Å². The summed E-state index contributed by atoms with van der Waals surface area (Å²) < 4.78 is 55.7. The number of hydrogen-bond acceptors (Lipinski definition) is 6. The highest BCUT2D eigenvalue weighted by Crippen LogP contribution is 2.27. The average Bonchev–Trinajstić information content (AvgIpc) is 3.08. The van der Waals surface area contributed by atoms with Crippen LogP contribution in [-0.2, 0) is 29.6 Å². The number of hydrogen-bond donors (Lipinski definition) is 2. The third-order valence-electron chi connectivity index (χ3n) is 7.18. The van der Waals surface area contributed by atoms with Gasteiger partial charge < -0.3 is 10.6 Å². The monoisotopic (exact) mass is 730 g/mol. The van der Waals surface area contributed by atoms with E-state index >= 15 is 0 Å². The summed E-state index contributed by atoms with van der Waals surface area (Å²) in [7, 11) is -8.06. The number of benzene rings is 4. The minimum absolute atomic E-state index is 0.0554. The van der Waals surface area contributed by atoms with Crippen molar-refractivity contribution in [3.8, 4) is 0 Å². The SMILES string of the molecule is O=C(CN(c1cccc(Cl)c1)S(=O)(=O)c1ccccc1)NCCCCCCNC(=O)CN(c1cccc(Cl)c1)S(=O)(=O)c1ccccc1.